The van der Waals surface area contributed by atoms with Crippen LogP contribution in [0.15, 0.2) is 36.7 Å². The van der Waals surface area contributed by atoms with Crippen molar-refractivity contribution >= 4 is 11.8 Å². The summed E-state index contributed by atoms with van der Waals surface area (Å²) in [4.78, 5) is 26.3. The molecule has 1 aromatic carbocycles. The summed E-state index contributed by atoms with van der Waals surface area (Å²) in [6, 6.07) is 7.35. The number of benzene rings is 1. The van der Waals surface area contributed by atoms with E-state index in [0.29, 0.717) is 25.1 Å². The molecule has 0 bridgehead atoms. The van der Waals surface area contributed by atoms with Crippen LogP contribution in [0.5, 0.6) is 0 Å². The van der Waals surface area contributed by atoms with Gasteiger partial charge in [0, 0.05) is 42.9 Å². The van der Waals surface area contributed by atoms with Gasteiger partial charge in [0.05, 0.1) is 6.20 Å². The number of amides is 2. The summed E-state index contributed by atoms with van der Waals surface area (Å²) in [5.41, 5.74) is 2.35. The van der Waals surface area contributed by atoms with Gasteiger partial charge in [0.15, 0.2) is 0 Å². The average molecular weight is 298 g/mol. The molecule has 0 aliphatic carbocycles. The molecule has 3 rings (SSSR count). The Bertz CT molecular complexity index is 681. The fourth-order valence-corrected chi connectivity index (χ4v) is 2.76. The minimum Gasteiger partial charge on any atom is -0.354 e. The van der Waals surface area contributed by atoms with E-state index in [1.54, 1.807) is 17.3 Å². The van der Waals surface area contributed by atoms with Crippen LogP contribution in [0.1, 0.15) is 23.7 Å². The Labute approximate surface area is 128 Å². The van der Waals surface area contributed by atoms with E-state index in [0.717, 1.165) is 11.1 Å². The maximum Gasteiger partial charge on any atom is 0.254 e. The summed E-state index contributed by atoms with van der Waals surface area (Å²) in [5.74, 6) is -0.0632. The van der Waals surface area contributed by atoms with Crippen molar-refractivity contribution in [2.45, 2.75) is 19.4 Å². The molecule has 114 valence electrons. The lowest BCUT2D eigenvalue weighted by atomic mass is 10.0. The summed E-state index contributed by atoms with van der Waals surface area (Å²) < 4.78 is 0. The number of nitrogens with one attached hydrogen (secondary N) is 2. The summed E-state index contributed by atoms with van der Waals surface area (Å²) >= 11 is 0. The molecule has 1 fully saturated rings. The molecule has 2 heterocycles. The molecule has 2 aromatic rings. The van der Waals surface area contributed by atoms with Gasteiger partial charge in [-0.3, -0.25) is 14.7 Å². The first-order valence-corrected chi connectivity index (χ1v) is 7.32. The lowest BCUT2D eigenvalue weighted by Crippen LogP contribution is -2.39. The topological polar surface area (TPSA) is 78.1 Å². The van der Waals surface area contributed by atoms with Crippen molar-refractivity contribution in [3.05, 3.63) is 42.2 Å². The monoisotopic (exact) mass is 298 g/mol. The van der Waals surface area contributed by atoms with Crippen molar-refractivity contribution in [3.8, 4) is 11.1 Å². The molecule has 0 radical (unpaired) electrons. The van der Waals surface area contributed by atoms with Crippen LogP contribution < -0.4 is 5.32 Å². The minimum absolute atomic E-state index is 0.00841. The van der Waals surface area contributed by atoms with Crippen LogP contribution in [0.25, 0.3) is 11.1 Å². The first-order chi connectivity index (χ1) is 10.7. The number of H-pyrrole nitrogens is 1. The highest BCUT2D eigenvalue weighted by Gasteiger charge is 2.27. The molecule has 0 saturated carbocycles. The lowest BCUT2D eigenvalue weighted by molar-refractivity contribution is -0.121. The second-order valence-electron chi connectivity index (χ2n) is 5.43. The van der Waals surface area contributed by atoms with E-state index >= 15 is 0 Å². The van der Waals surface area contributed by atoms with Crippen LogP contribution in [0, 0.1) is 0 Å². The highest BCUT2D eigenvalue weighted by molar-refractivity contribution is 6.01. The second kappa shape index (κ2) is 6.01. The number of hydrogen-bond donors (Lipinski definition) is 2. The van der Waals surface area contributed by atoms with E-state index in [1.807, 2.05) is 31.2 Å². The molecule has 1 aliphatic heterocycles. The van der Waals surface area contributed by atoms with Gasteiger partial charge in [-0.1, -0.05) is 18.2 Å². The van der Waals surface area contributed by atoms with E-state index < -0.39 is 0 Å². The maximum atomic E-state index is 12.9. The first kappa shape index (κ1) is 14.3. The zero-order chi connectivity index (χ0) is 15.5. The number of aromatic amines is 1. The Morgan fingerprint density at radius 3 is 2.95 bits per heavy atom. The van der Waals surface area contributed by atoms with Crippen molar-refractivity contribution in [2.75, 3.05) is 13.1 Å². The molecule has 1 unspecified atom stereocenters. The fraction of sp³-hybridized carbons (Fsp3) is 0.312. The highest BCUT2D eigenvalue weighted by Crippen LogP contribution is 2.24. The number of hydrogen-bond acceptors (Lipinski definition) is 3. The van der Waals surface area contributed by atoms with Gasteiger partial charge >= 0.3 is 0 Å². The van der Waals surface area contributed by atoms with Crippen LogP contribution in [0.2, 0.25) is 0 Å². The zero-order valence-electron chi connectivity index (χ0n) is 12.4. The van der Waals surface area contributed by atoms with Crippen LogP contribution >= 0.6 is 0 Å². The molecule has 1 atom stereocenters. The molecular formula is C16H18N4O2. The van der Waals surface area contributed by atoms with Gasteiger partial charge in [-0.2, -0.15) is 5.10 Å². The third kappa shape index (κ3) is 2.72. The normalized spacial score (nSPS) is 18.7. The molecule has 6 heteroatoms. The standard InChI is InChI=1S/C16H18N4O2/c1-11-8-15(21)17-6-7-20(11)16(22)14-5-3-2-4-13(14)12-9-18-19-10-12/h2-5,9-11H,6-8H2,1H3,(H,17,21)(H,18,19). The zero-order valence-corrected chi connectivity index (χ0v) is 12.4. The van der Waals surface area contributed by atoms with Gasteiger partial charge < -0.3 is 10.2 Å². The molecule has 22 heavy (non-hydrogen) atoms. The van der Waals surface area contributed by atoms with E-state index in [9.17, 15) is 9.59 Å². The maximum absolute atomic E-state index is 12.9. The van der Waals surface area contributed by atoms with Gasteiger partial charge in [-0.05, 0) is 18.6 Å². The SMILES string of the molecule is CC1CC(=O)NCCN1C(=O)c1ccccc1-c1cn[nH]c1. The molecule has 0 spiro atoms. The Morgan fingerprint density at radius 2 is 2.18 bits per heavy atom. The quantitative estimate of drug-likeness (QED) is 0.880. The van der Waals surface area contributed by atoms with Crippen molar-refractivity contribution in [2.24, 2.45) is 0 Å². The highest BCUT2D eigenvalue weighted by atomic mass is 16.2. The smallest absolute Gasteiger partial charge is 0.254 e. The van der Waals surface area contributed by atoms with E-state index in [-0.39, 0.29) is 17.9 Å². The van der Waals surface area contributed by atoms with Crippen LogP contribution in [0.3, 0.4) is 0 Å². The van der Waals surface area contributed by atoms with Crippen LogP contribution in [-0.4, -0.2) is 46.0 Å². The molecule has 2 amide bonds. The number of carbonyl (C=O) groups is 2. The first-order valence-electron chi connectivity index (χ1n) is 7.32. The lowest BCUT2D eigenvalue weighted by Gasteiger charge is -2.27. The number of carbonyl (C=O) groups excluding carboxylic acids is 2. The van der Waals surface area contributed by atoms with Crippen molar-refractivity contribution in [3.63, 3.8) is 0 Å². The predicted molar refractivity (Wildman–Crippen MR) is 82.1 cm³/mol. The average Bonchev–Trinajstić information content (AvgIpc) is 2.99. The summed E-state index contributed by atoms with van der Waals surface area (Å²) in [5, 5.41) is 9.52. The van der Waals surface area contributed by atoms with Crippen molar-refractivity contribution < 1.29 is 9.59 Å². The molecule has 1 aromatic heterocycles. The van der Waals surface area contributed by atoms with E-state index in [4.69, 9.17) is 0 Å². The predicted octanol–water partition coefficient (Wildman–Crippen LogP) is 1.43. The number of aromatic nitrogens is 2. The summed E-state index contributed by atoms with van der Waals surface area (Å²) in [6.07, 6.45) is 3.80. The van der Waals surface area contributed by atoms with Crippen molar-refractivity contribution in [1.82, 2.24) is 20.4 Å². The van der Waals surface area contributed by atoms with E-state index in [1.165, 1.54) is 0 Å². The van der Waals surface area contributed by atoms with Gasteiger partial charge in [-0.25, -0.2) is 0 Å². The summed E-state index contributed by atoms with van der Waals surface area (Å²) in [7, 11) is 0. The Kier molecular flexibility index (Phi) is 3.91. The van der Waals surface area contributed by atoms with Crippen LogP contribution in [0.4, 0.5) is 0 Å². The number of rotatable bonds is 2. The molecule has 1 saturated heterocycles. The van der Waals surface area contributed by atoms with Gasteiger partial charge in [0.1, 0.15) is 0 Å². The Hall–Kier alpha value is -2.63. The van der Waals surface area contributed by atoms with Crippen molar-refractivity contribution in [1.29, 1.82) is 0 Å². The largest absolute Gasteiger partial charge is 0.354 e. The molecule has 6 nitrogen and oxygen atoms in total. The van der Waals surface area contributed by atoms with Gasteiger partial charge in [0.25, 0.3) is 5.91 Å². The Balaban J connectivity index is 1.94. The Morgan fingerprint density at radius 1 is 1.36 bits per heavy atom. The minimum atomic E-state index is -0.118. The molecule has 2 N–H and O–H groups in total. The molecule has 1 aliphatic rings. The fourth-order valence-electron chi connectivity index (χ4n) is 2.76. The summed E-state index contributed by atoms with van der Waals surface area (Å²) in [6.45, 7) is 2.91. The number of nitrogens with zero attached hydrogens (tertiary/aromatic N) is 2. The van der Waals surface area contributed by atoms with Gasteiger partial charge in [0.2, 0.25) is 5.91 Å². The second-order valence-corrected chi connectivity index (χ2v) is 5.43. The van der Waals surface area contributed by atoms with Gasteiger partial charge in [-0.15, -0.1) is 0 Å². The third-order valence-corrected chi connectivity index (χ3v) is 3.92. The third-order valence-electron chi connectivity index (χ3n) is 3.92. The molecular weight excluding hydrogens is 280 g/mol. The van der Waals surface area contributed by atoms with Crippen LogP contribution in [-0.2, 0) is 4.79 Å². The van der Waals surface area contributed by atoms with E-state index in [2.05, 4.69) is 15.5 Å².